The fourth-order valence-corrected chi connectivity index (χ4v) is 2.31. The smallest absolute Gasteiger partial charge is 0.348 e. The van der Waals surface area contributed by atoms with E-state index in [1.54, 1.807) is 12.1 Å². The summed E-state index contributed by atoms with van der Waals surface area (Å²) in [5, 5.41) is 1.56. The standard InChI is InChI=1S/C14H11NO3/c1-15(2)10-7-6-8-4-3-5-9-11(8)12(10)14(17)18-13(9)16/h3-7H,1-2H3. The minimum atomic E-state index is -0.576. The Morgan fingerprint density at radius 2 is 1.78 bits per heavy atom. The molecule has 0 radical (unpaired) electrons. The molecule has 0 spiro atoms. The minimum Gasteiger partial charge on any atom is -0.386 e. The Labute approximate surface area is 104 Å². The Kier molecular flexibility index (Phi) is 2.13. The second-order valence-electron chi connectivity index (χ2n) is 4.43. The second-order valence-corrected chi connectivity index (χ2v) is 4.43. The molecule has 90 valence electrons. The minimum absolute atomic E-state index is 0.450. The summed E-state index contributed by atoms with van der Waals surface area (Å²) in [7, 11) is 3.70. The monoisotopic (exact) mass is 241 g/mol. The van der Waals surface area contributed by atoms with Crippen molar-refractivity contribution in [1.82, 2.24) is 0 Å². The topological polar surface area (TPSA) is 46.6 Å². The summed E-state index contributed by atoms with van der Waals surface area (Å²) in [6.07, 6.45) is 0. The van der Waals surface area contributed by atoms with Crippen molar-refractivity contribution in [2.45, 2.75) is 0 Å². The first-order chi connectivity index (χ1) is 8.59. The van der Waals surface area contributed by atoms with Gasteiger partial charge in [-0.3, -0.25) is 0 Å². The van der Waals surface area contributed by atoms with Crippen LogP contribution in [0.3, 0.4) is 0 Å². The van der Waals surface area contributed by atoms with Crippen LogP contribution < -0.4 is 4.90 Å². The zero-order valence-corrected chi connectivity index (χ0v) is 10.1. The van der Waals surface area contributed by atoms with Crippen molar-refractivity contribution in [2.75, 3.05) is 19.0 Å². The number of ether oxygens (including phenoxy) is 1. The third-order valence-corrected chi connectivity index (χ3v) is 3.11. The van der Waals surface area contributed by atoms with E-state index < -0.39 is 11.9 Å². The van der Waals surface area contributed by atoms with Crippen LogP contribution in [0, 0.1) is 0 Å². The summed E-state index contributed by atoms with van der Waals surface area (Å²) in [5.41, 5.74) is 1.67. The van der Waals surface area contributed by atoms with Crippen LogP contribution in [0.4, 0.5) is 5.69 Å². The highest BCUT2D eigenvalue weighted by Gasteiger charge is 2.29. The first-order valence-electron chi connectivity index (χ1n) is 5.59. The Hall–Kier alpha value is -2.36. The van der Waals surface area contributed by atoms with Crippen molar-refractivity contribution in [3.8, 4) is 0 Å². The molecule has 1 aliphatic heterocycles. The van der Waals surface area contributed by atoms with Crippen LogP contribution in [-0.2, 0) is 4.74 Å². The van der Waals surface area contributed by atoms with Crippen LogP contribution in [0.2, 0.25) is 0 Å². The Morgan fingerprint density at radius 3 is 2.50 bits per heavy atom. The highest BCUT2D eigenvalue weighted by molar-refractivity contribution is 6.23. The molecular weight excluding hydrogens is 230 g/mol. The van der Waals surface area contributed by atoms with E-state index in [0.29, 0.717) is 16.5 Å². The van der Waals surface area contributed by atoms with Gasteiger partial charge in [0.05, 0.1) is 16.8 Å². The number of nitrogens with zero attached hydrogens (tertiary/aromatic N) is 1. The Balaban J connectivity index is 2.51. The average Bonchev–Trinajstić information content (AvgIpc) is 2.34. The fraction of sp³-hybridized carbons (Fsp3) is 0.143. The van der Waals surface area contributed by atoms with Crippen molar-refractivity contribution in [3.05, 3.63) is 41.5 Å². The third kappa shape index (κ3) is 1.32. The highest BCUT2D eigenvalue weighted by Crippen LogP contribution is 2.34. The van der Waals surface area contributed by atoms with Gasteiger partial charge < -0.3 is 9.64 Å². The van der Waals surface area contributed by atoms with E-state index in [9.17, 15) is 9.59 Å². The summed E-state index contributed by atoms with van der Waals surface area (Å²) in [6, 6.07) is 9.11. The van der Waals surface area contributed by atoms with E-state index >= 15 is 0 Å². The number of anilines is 1. The van der Waals surface area contributed by atoms with Crippen LogP contribution in [-0.4, -0.2) is 26.0 Å². The Morgan fingerprint density at radius 1 is 1.00 bits per heavy atom. The van der Waals surface area contributed by atoms with Gasteiger partial charge in [-0.2, -0.15) is 0 Å². The molecule has 1 heterocycles. The lowest BCUT2D eigenvalue weighted by molar-refractivity contribution is 0.0392. The second kappa shape index (κ2) is 3.57. The van der Waals surface area contributed by atoms with Gasteiger partial charge >= 0.3 is 11.9 Å². The molecule has 0 fully saturated rings. The van der Waals surface area contributed by atoms with Gasteiger partial charge in [0.25, 0.3) is 0 Å². The molecule has 1 aliphatic rings. The van der Waals surface area contributed by atoms with Gasteiger partial charge in [-0.25, -0.2) is 9.59 Å². The molecule has 0 unspecified atom stereocenters. The number of hydrogen-bond acceptors (Lipinski definition) is 4. The van der Waals surface area contributed by atoms with Gasteiger partial charge in [0.2, 0.25) is 0 Å². The van der Waals surface area contributed by atoms with E-state index in [0.717, 1.165) is 11.1 Å². The number of esters is 2. The normalized spacial score (nSPS) is 13.7. The lowest BCUT2D eigenvalue weighted by Gasteiger charge is -2.22. The summed E-state index contributed by atoms with van der Waals surface area (Å²) < 4.78 is 4.79. The number of benzene rings is 2. The Bertz CT molecular complexity index is 689. The van der Waals surface area contributed by atoms with Crippen LogP contribution >= 0.6 is 0 Å². The maximum absolute atomic E-state index is 11.9. The van der Waals surface area contributed by atoms with E-state index in [1.807, 2.05) is 37.2 Å². The largest absolute Gasteiger partial charge is 0.386 e. The van der Waals surface area contributed by atoms with Gasteiger partial charge in [-0.15, -0.1) is 0 Å². The lowest BCUT2D eigenvalue weighted by Crippen LogP contribution is -2.23. The van der Waals surface area contributed by atoms with E-state index in [4.69, 9.17) is 4.74 Å². The number of cyclic esters (lactones) is 2. The molecule has 4 heteroatoms. The summed E-state index contributed by atoms with van der Waals surface area (Å²) in [4.78, 5) is 25.5. The zero-order chi connectivity index (χ0) is 12.9. The number of rotatable bonds is 1. The van der Waals surface area contributed by atoms with Gasteiger partial charge in [0.15, 0.2) is 0 Å². The van der Waals surface area contributed by atoms with E-state index in [-0.39, 0.29) is 0 Å². The van der Waals surface area contributed by atoms with Crippen LogP contribution in [0.25, 0.3) is 10.8 Å². The summed E-state index contributed by atoms with van der Waals surface area (Å²) >= 11 is 0. The SMILES string of the molecule is CN(C)c1ccc2cccc3c2c1C(=O)OC3=O. The number of hydrogen-bond donors (Lipinski definition) is 0. The molecule has 0 saturated heterocycles. The first kappa shape index (κ1) is 10.8. The molecule has 0 aliphatic carbocycles. The predicted octanol–water partition coefficient (Wildman–Crippen LogP) is 2.22. The van der Waals surface area contributed by atoms with Gasteiger partial charge in [0, 0.05) is 19.5 Å². The quantitative estimate of drug-likeness (QED) is 0.567. The fourth-order valence-electron chi connectivity index (χ4n) is 2.31. The van der Waals surface area contributed by atoms with Gasteiger partial charge in [0.1, 0.15) is 0 Å². The van der Waals surface area contributed by atoms with E-state index in [2.05, 4.69) is 0 Å². The summed E-state index contributed by atoms with van der Waals surface area (Å²) in [6.45, 7) is 0. The molecule has 18 heavy (non-hydrogen) atoms. The van der Waals surface area contributed by atoms with Gasteiger partial charge in [-0.1, -0.05) is 18.2 Å². The lowest BCUT2D eigenvalue weighted by atomic mass is 9.95. The van der Waals surface area contributed by atoms with Crippen LogP contribution in [0.15, 0.2) is 30.3 Å². The van der Waals surface area contributed by atoms with Gasteiger partial charge in [-0.05, 0) is 17.5 Å². The molecule has 2 aromatic carbocycles. The van der Waals surface area contributed by atoms with Crippen molar-refractivity contribution in [2.24, 2.45) is 0 Å². The average molecular weight is 241 g/mol. The number of carbonyl (C=O) groups is 2. The highest BCUT2D eigenvalue weighted by atomic mass is 16.6. The third-order valence-electron chi connectivity index (χ3n) is 3.11. The van der Waals surface area contributed by atoms with Crippen molar-refractivity contribution in [3.63, 3.8) is 0 Å². The first-order valence-corrected chi connectivity index (χ1v) is 5.59. The molecule has 0 aromatic heterocycles. The molecule has 0 saturated carbocycles. The molecule has 3 rings (SSSR count). The molecule has 0 atom stereocenters. The zero-order valence-electron chi connectivity index (χ0n) is 10.1. The maximum atomic E-state index is 11.9. The maximum Gasteiger partial charge on any atom is 0.348 e. The predicted molar refractivity (Wildman–Crippen MR) is 68.0 cm³/mol. The molecule has 0 N–H and O–H groups in total. The van der Waals surface area contributed by atoms with Crippen molar-refractivity contribution < 1.29 is 14.3 Å². The molecule has 2 aromatic rings. The van der Waals surface area contributed by atoms with Crippen LogP contribution in [0.1, 0.15) is 20.7 Å². The van der Waals surface area contributed by atoms with Crippen molar-refractivity contribution >= 4 is 28.4 Å². The van der Waals surface area contributed by atoms with Crippen LogP contribution in [0.5, 0.6) is 0 Å². The van der Waals surface area contributed by atoms with E-state index in [1.165, 1.54) is 0 Å². The molecule has 0 bridgehead atoms. The molecule has 4 nitrogen and oxygen atoms in total. The number of carbonyl (C=O) groups excluding carboxylic acids is 2. The summed E-state index contributed by atoms with van der Waals surface area (Å²) in [5.74, 6) is -1.15. The van der Waals surface area contributed by atoms with Crippen molar-refractivity contribution in [1.29, 1.82) is 0 Å². The molecular formula is C14H11NO3. The molecule has 0 amide bonds.